The molecule has 0 spiro atoms. The molecule has 1 aliphatic carbocycles. The van der Waals surface area contributed by atoms with Gasteiger partial charge in [-0.1, -0.05) is 13.8 Å². The summed E-state index contributed by atoms with van der Waals surface area (Å²) in [7, 11) is -2.81. The Kier molecular flexibility index (Phi) is 10.8. The van der Waals surface area contributed by atoms with Crippen LogP contribution in [0.1, 0.15) is 112 Å². The molecular formula is C54H61N11O7. The quantitative estimate of drug-likeness (QED) is 0.144. The highest BCUT2D eigenvalue weighted by Gasteiger charge is 2.45. The molecule has 0 bridgehead atoms. The number of benzene rings is 1. The van der Waals surface area contributed by atoms with E-state index in [0.717, 1.165) is 74.7 Å². The lowest BCUT2D eigenvalue weighted by atomic mass is 9.89. The van der Waals surface area contributed by atoms with Crippen molar-refractivity contribution < 1.29 is 37.9 Å². The van der Waals surface area contributed by atoms with Crippen molar-refractivity contribution in [3.8, 4) is 17.0 Å². The number of piperidine rings is 2. The van der Waals surface area contributed by atoms with Crippen LogP contribution in [0.3, 0.4) is 0 Å². The molecule has 18 nitrogen and oxygen atoms in total. The molecule has 5 amide bonds. The van der Waals surface area contributed by atoms with Crippen LogP contribution in [-0.2, 0) is 34.6 Å². The number of nitrogens with one attached hydrogen (secondary N) is 2. The van der Waals surface area contributed by atoms with Gasteiger partial charge in [-0.15, -0.1) is 0 Å². The standard InChI is InChI=1S/C54H61N11O7/c1-31-30-61(34-14-17-60(18-15-34)35-7-9-38-39(25-35)51(69)65(50(38)68)41-10-12-45(66)59-48(41)67)19-20-62(31)36-8-11-44(56-29-36)58-40-23-33(28-57-49(40)72-6)37-13-16-55-47(46(37)54(4,5)71)64-22-21-63-42(52(64)70)24-32-26-53(2,3)27-43(32)63/h7-9,11,13,16,23-25,28-29,31,34,41,71H,10,12,14-15,17-22,26-27,30H2,1-6H3,(H,56,58)(H,59,66,67)/t31-,41-/m0/s1/i6D3. The molecule has 0 saturated carbocycles. The molecule has 11 rings (SSSR count). The number of carbonyl (C=O) groups excluding carboxylic acids is 5. The summed E-state index contributed by atoms with van der Waals surface area (Å²) >= 11 is 0. The third-order valence-corrected chi connectivity index (χ3v) is 15.5. The first-order chi connectivity index (χ1) is 35.6. The SMILES string of the molecule is [2H]C([2H])([2H])Oc1ncc(-c2ccnc(N3CCn4c(cc5c4CC(C)(C)C5)C3=O)c2C(C)(C)O)cc1Nc1ccc(N2CCN(C3CCN(c4ccc5c(c4)C(=O)N([C@H]4CCC(=O)NC4=O)C5=O)CC3)C[C@@H]2C)cn1. The number of carbonyl (C=O) groups is 5. The van der Waals surface area contributed by atoms with E-state index >= 15 is 0 Å². The Labute approximate surface area is 422 Å². The maximum Gasteiger partial charge on any atom is 0.276 e. The normalized spacial score (nSPS) is 22.3. The van der Waals surface area contributed by atoms with E-state index in [2.05, 4.69) is 55.7 Å². The van der Waals surface area contributed by atoms with E-state index in [1.54, 1.807) is 55.4 Å². The molecule has 5 aromatic rings. The first-order valence-electron chi connectivity index (χ1n) is 26.4. The predicted molar refractivity (Wildman–Crippen MR) is 271 cm³/mol. The fraction of sp³-hybridized carbons (Fsp3) is 0.444. The maximum absolute atomic E-state index is 14.3. The topological polar surface area (TPSA) is 199 Å². The van der Waals surface area contributed by atoms with Crippen LogP contribution in [0.5, 0.6) is 5.88 Å². The van der Waals surface area contributed by atoms with E-state index in [4.69, 9.17) is 18.8 Å². The summed E-state index contributed by atoms with van der Waals surface area (Å²) < 4.78 is 31.2. The van der Waals surface area contributed by atoms with Crippen LogP contribution in [0, 0.1) is 5.41 Å². The number of aliphatic hydroxyl groups is 1. The number of pyridine rings is 3. The zero-order chi connectivity index (χ0) is 52.9. The summed E-state index contributed by atoms with van der Waals surface area (Å²) in [4.78, 5) is 88.9. The molecule has 6 aliphatic rings. The molecule has 4 aromatic heterocycles. The van der Waals surface area contributed by atoms with E-state index < -0.39 is 42.3 Å². The van der Waals surface area contributed by atoms with Crippen molar-refractivity contribution in [2.75, 3.05) is 66.3 Å². The van der Waals surface area contributed by atoms with Gasteiger partial charge in [-0.05, 0) is 118 Å². The number of imide groups is 2. The summed E-state index contributed by atoms with van der Waals surface area (Å²) in [5, 5.41) is 17.3. The van der Waals surface area contributed by atoms with Gasteiger partial charge in [-0.2, -0.15) is 0 Å². The van der Waals surface area contributed by atoms with E-state index in [9.17, 15) is 29.1 Å². The molecular weight excluding hydrogens is 915 g/mol. The van der Waals surface area contributed by atoms with Gasteiger partial charge in [0.25, 0.3) is 17.7 Å². The maximum atomic E-state index is 14.3. The van der Waals surface area contributed by atoms with Gasteiger partial charge in [0.1, 0.15) is 29.1 Å². The largest absolute Gasteiger partial charge is 0.480 e. The van der Waals surface area contributed by atoms with Gasteiger partial charge in [0.15, 0.2) is 0 Å². The summed E-state index contributed by atoms with van der Waals surface area (Å²) in [5.41, 5.74) is 5.76. The molecule has 5 aliphatic heterocycles. The van der Waals surface area contributed by atoms with Crippen molar-refractivity contribution in [2.24, 2.45) is 5.41 Å². The van der Waals surface area contributed by atoms with Gasteiger partial charge < -0.3 is 29.5 Å². The van der Waals surface area contributed by atoms with Crippen molar-refractivity contribution in [1.29, 1.82) is 0 Å². The Balaban J connectivity index is 0.754. The molecule has 18 heteroatoms. The molecule has 3 fully saturated rings. The Morgan fingerprint density at radius 3 is 2.36 bits per heavy atom. The Morgan fingerprint density at radius 2 is 1.62 bits per heavy atom. The first kappa shape index (κ1) is 43.6. The molecule has 0 unspecified atom stereocenters. The molecule has 3 N–H and O–H groups in total. The zero-order valence-corrected chi connectivity index (χ0v) is 41.2. The fourth-order valence-electron chi connectivity index (χ4n) is 12.0. The van der Waals surface area contributed by atoms with Crippen LogP contribution >= 0.6 is 0 Å². The fourth-order valence-corrected chi connectivity index (χ4v) is 12.0. The summed E-state index contributed by atoms with van der Waals surface area (Å²) in [6.45, 7) is 14.9. The van der Waals surface area contributed by atoms with Crippen LogP contribution in [0.15, 0.2) is 67.1 Å². The molecule has 1 aromatic carbocycles. The number of aromatic nitrogens is 4. The molecule has 72 heavy (non-hydrogen) atoms. The third kappa shape index (κ3) is 8.32. The Bertz CT molecular complexity index is 3160. The number of hydrogen-bond donors (Lipinski definition) is 3. The second-order valence-electron chi connectivity index (χ2n) is 21.4. The van der Waals surface area contributed by atoms with Crippen LogP contribution in [0.25, 0.3) is 11.1 Å². The van der Waals surface area contributed by atoms with E-state index in [1.165, 1.54) is 17.5 Å². The highest BCUT2D eigenvalue weighted by molar-refractivity contribution is 6.23. The van der Waals surface area contributed by atoms with Crippen molar-refractivity contribution in [3.63, 3.8) is 0 Å². The smallest absolute Gasteiger partial charge is 0.276 e. The number of piperazine rings is 1. The highest BCUT2D eigenvalue weighted by Crippen LogP contribution is 2.43. The lowest BCUT2D eigenvalue weighted by Crippen LogP contribution is -2.57. The number of ether oxygens (including phenoxy) is 1. The van der Waals surface area contributed by atoms with Gasteiger partial charge in [0.05, 0.1) is 39.8 Å². The van der Waals surface area contributed by atoms with Crippen LogP contribution < -0.4 is 30.1 Å². The van der Waals surface area contributed by atoms with Crippen molar-refractivity contribution >= 4 is 58.2 Å². The molecule has 9 heterocycles. The molecule has 0 radical (unpaired) electrons. The van der Waals surface area contributed by atoms with Crippen molar-refractivity contribution in [2.45, 2.75) is 103 Å². The minimum Gasteiger partial charge on any atom is -0.480 e. The van der Waals surface area contributed by atoms with Crippen LogP contribution in [0.2, 0.25) is 0 Å². The average Bonchev–Trinajstić information content (AvgIpc) is 3.97. The zero-order valence-electron chi connectivity index (χ0n) is 44.2. The number of anilines is 5. The predicted octanol–water partition coefficient (Wildman–Crippen LogP) is 5.69. The van der Waals surface area contributed by atoms with E-state index in [0.29, 0.717) is 53.2 Å². The second kappa shape index (κ2) is 17.8. The molecule has 3 saturated heterocycles. The second-order valence-corrected chi connectivity index (χ2v) is 21.4. The Hall–Kier alpha value is -7.18. The van der Waals surface area contributed by atoms with Gasteiger partial charge in [0.2, 0.25) is 17.7 Å². The Morgan fingerprint density at radius 1 is 0.833 bits per heavy atom. The van der Waals surface area contributed by atoms with Gasteiger partial charge in [0, 0.05) is 99.2 Å². The third-order valence-electron chi connectivity index (χ3n) is 15.5. The van der Waals surface area contributed by atoms with Gasteiger partial charge in [-0.25, -0.2) is 15.0 Å². The minimum absolute atomic E-state index is 0.0672. The van der Waals surface area contributed by atoms with E-state index in [-0.39, 0.29) is 52.9 Å². The minimum atomic E-state index is -2.81. The van der Waals surface area contributed by atoms with Gasteiger partial charge in [-0.3, -0.25) is 44.0 Å². The summed E-state index contributed by atoms with van der Waals surface area (Å²) in [6, 6.07) is 14.1. The number of nitrogens with zero attached hydrogens (tertiary/aromatic N) is 9. The first-order valence-corrected chi connectivity index (χ1v) is 24.9. The highest BCUT2D eigenvalue weighted by atomic mass is 16.5. The number of rotatable bonds is 10. The number of methoxy groups -OCH3 is 1. The van der Waals surface area contributed by atoms with Crippen molar-refractivity contribution in [1.82, 2.24) is 34.6 Å². The lowest BCUT2D eigenvalue weighted by Gasteiger charge is -2.46. The van der Waals surface area contributed by atoms with Crippen LogP contribution in [-0.4, -0.2) is 128 Å². The summed E-state index contributed by atoms with van der Waals surface area (Å²) in [6.07, 6.45) is 8.69. The van der Waals surface area contributed by atoms with Crippen molar-refractivity contribution in [3.05, 3.63) is 101 Å². The summed E-state index contributed by atoms with van der Waals surface area (Å²) in [5.74, 6) is -1.66. The molecule has 2 atom stereocenters. The molecule has 374 valence electrons. The number of fused-ring (bicyclic) bond motifs is 4. The van der Waals surface area contributed by atoms with Crippen LogP contribution in [0.4, 0.5) is 28.7 Å². The monoisotopic (exact) mass is 978 g/mol. The van der Waals surface area contributed by atoms with Gasteiger partial charge >= 0.3 is 0 Å². The number of hydrogen-bond acceptors (Lipinski definition) is 14. The number of amides is 5. The lowest BCUT2D eigenvalue weighted by molar-refractivity contribution is -0.136. The van der Waals surface area contributed by atoms with E-state index in [1.807, 2.05) is 24.3 Å². The average molecular weight is 979 g/mol.